The zero-order valence-electron chi connectivity index (χ0n) is 12.1. The standard InChI is InChI=1S/C14H13ClF6N2O/c15-10-1-3-11(4-2-10)22-12(24)23-6-8(13(16,17)18)5-9(7-23)14(19,20)21/h1-4,8-9H,5-7H2,(H,22,24)/t8-,9+. The van der Waals surface area contributed by atoms with E-state index in [1.165, 1.54) is 24.3 Å². The van der Waals surface area contributed by atoms with Gasteiger partial charge in [-0.1, -0.05) is 11.6 Å². The molecule has 1 saturated heterocycles. The number of likely N-dealkylation sites (tertiary alicyclic amines) is 1. The smallest absolute Gasteiger partial charge is 0.323 e. The van der Waals surface area contributed by atoms with Gasteiger partial charge in [-0.15, -0.1) is 0 Å². The maximum atomic E-state index is 12.9. The van der Waals surface area contributed by atoms with Crippen LogP contribution in [0.5, 0.6) is 0 Å². The maximum Gasteiger partial charge on any atom is 0.393 e. The molecule has 3 nitrogen and oxygen atoms in total. The number of urea groups is 1. The minimum atomic E-state index is -4.80. The van der Waals surface area contributed by atoms with Crippen molar-refractivity contribution in [2.45, 2.75) is 18.8 Å². The average molecular weight is 375 g/mol. The fraction of sp³-hybridized carbons (Fsp3) is 0.500. The number of nitrogens with zero attached hydrogens (tertiary/aromatic N) is 1. The van der Waals surface area contributed by atoms with Crippen molar-refractivity contribution in [1.82, 2.24) is 4.90 Å². The first kappa shape index (κ1) is 18.7. The van der Waals surface area contributed by atoms with Gasteiger partial charge in [0.2, 0.25) is 0 Å². The van der Waals surface area contributed by atoms with Gasteiger partial charge in [-0.25, -0.2) is 4.79 Å². The lowest BCUT2D eigenvalue weighted by Crippen LogP contribution is -2.52. The van der Waals surface area contributed by atoms with Crippen molar-refractivity contribution in [1.29, 1.82) is 0 Å². The molecule has 2 amide bonds. The van der Waals surface area contributed by atoms with Crippen molar-refractivity contribution in [3.8, 4) is 0 Å². The van der Waals surface area contributed by atoms with E-state index in [-0.39, 0.29) is 5.69 Å². The number of anilines is 1. The van der Waals surface area contributed by atoms with Gasteiger partial charge in [0.25, 0.3) is 0 Å². The number of amides is 2. The molecular weight excluding hydrogens is 362 g/mol. The Morgan fingerprint density at radius 3 is 1.88 bits per heavy atom. The molecule has 1 N–H and O–H groups in total. The normalized spacial score (nSPS) is 22.4. The highest BCUT2D eigenvalue weighted by Crippen LogP contribution is 2.41. The summed E-state index contributed by atoms with van der Waals surface area (Å²) < 4.78 is 77.2. The highest BCUT2D eigenvalue weighted by molar-refractivity contribution is 6.30. The van der Waals surface area contributed by atoms with Crippen LogP contribution in [0.3, 0.4) is 0 Å². The van der Waals surface area contributed by atoms with Gasteiger partial charge < -0.3 is 10.2 Å². The topological polar surface area (TPSA) is 32.3 Å². The van der Waals surface area contributed by atoms with E-state index in [2.05, 4.69) is 5.32 Å². The summed E-state index contributed by atoms with van der Waals surface area (Å²) in [5.41, 5.74) is 0.224. The summed E-state index contributed by atoms with van der Waals surface area (Å²) in [6.07, 6.45) is -10.7. The summed E-state index contributed by atoms with van der Waals surface area (Å²) >= 11 is 5.66. The number of carbonyl (C=O) groups excluding carboxylic acids is 1. The van der Waals surface area contributed by atoms with Crippen molar-refractivity contribution < 1.29 is 31.1 Å². The van der Waals surface area contributed by atoms with Gasteiger partial charge in [-0.05, 0) is 30.7 Å². The van der Waals surface area contributed by atoms with Crippen LogP contribution in [-0.2, 0) is 0 Å². The van der Waals surface area contributed by atoms with E-state index >= 15 is 0 Å². The molecule has 2 atom stereocenters. The van der Waals surface area contributed by atoms with Crippen molar-refractivity contribution in [3.63, 3.8) is 0 Å². The molecule has 1 aliphatic rings. The predicted molar refractivity (Wildman–Crippen MR) is 75.8 cm³/mol. The molecule has 0 aliphatic carbocycles. The van der Waals surface area contributed by atoms with E-state index in [4.69, 9.17) is 11.6 Å². The van der Waals surface area contributed by atoms with Crippen molar-refractivity contribution in [2.24, 2.45) is 11.8 Å². The molecule has 134 valence electrons. The highest BCUT2D eigenvalue weighted by Gasteiger charge is 2.52. The molecule has 1 aromatic carbocycles. The number of piperidine rings is 1. The molecule has 0 unspecified atom stereocenters. The molecule has 0 radical (unpaired) electrons. The van der Waals surface area contributed by atoms with Gasteiger partial charge in [-0.2, -0.15) is 26.3 Å². The van der Waals surface area contributed by atoms with E-state index < -0.39 is 49.7 Å². The molecule has 0 saturated carbocycles. The van der Waals surface area contributed by atoms with Crippen molar-refractivity contribution in [2.75, 3.05) is 18.4 Å². The number of benzene rings is 1. The molecule has 2 rings (SSSR count). The van der Waals surface area contributed by atoms with Gasteiger partial charge in [-0.3, -0.25) is 0 Å². The number of nitrogens with one attached hydrogen (secondary N) is 1. The first-order valence-corrected chi connectivity index (χ1v) is 7.29. The largest absolute Gasteiger partial charge is 0.393 e. The van der Waals surface area contributed by atoms with Crippen LogP contribution in [-0.4, -0.2) is 36.4 Å². The molecular formula is C14H13ClF6N2O. The Hall–Kier alpha value is -1.64. The molecule has 24 heavy (non-hydrogen) atoms. The molecule has 1 aromatic rings. The molecule has 10 heteroatoms. The summed E-state index contributed by atoms with van der Waals surface area (Å²) in [6.45, 7) is -1.62. The van der Waals surface area contributed by atoms with E-state index in [0.717, 1.165) is 0 Å². The zero-order valence-corrected chi connectivity index (χ0v) is 12.8. The van der Waals surface area contributed by atoms with E-state index in [9.17, 15) is 31.1 Å². The fourth-order valence-corrected chi connectivity index (χ4v) is 2.60. The van der Waals surface area contributed by atoms with Crippen LogP contribution in [0.1, 0.15) is 6.42 Å². The van der Waals surface area contributed by atoms with E-state index in [0.29, 0.717) is 9.92 Å². The lowest BCUT2D eigenvalue weighted by Gasteiger charge is -2.39. The Bertz CT molecular complexity index is 564. The summed E-state index contributed by atoms with van der Waals surface area (Å²) in [4.78, 5) is 12.6. The Kier molecular flexibility index (Phi) is 5.22. The van der Waals surface area contributed by atoms with Gasteiger partial charge in [0.05, 0.1) is 11.8 Å². The Balaban J connectivity index is 2.14. The molecule has 1 aliphatic heterocycles. The number of halogens is 7. The number of alkyl halides is 6. The second-order valence-electron chi connectivity index (χ2n) is 5.55. The second-order valence-corrected chi connectivity index (χ2v) is 5.99. The third kappa shape index (κ3) is 4.68. The minimum absolute atomic E-state index is 0.224. The van der Waals surface area contributed by atoms with Gasteiger partial charge in [0.15, 0.2) is 0 Å². The molecule has 0 bridgehead atoms. The van der Waals surface area contributed by atoms with Gasteiger partial charge in [0.1, 0.15) is 0 Å². The Morgan fingerprint density at radius 2 is 1.46 bits per heavy atom. The van der Waals surface area contributed by atoms with Crippen LogP contribution >= 0.6 is 11.6 Å². The number of rotatable bonds is 1. The van der Waals surface area contributed by atoms with Crippen molar-refractivity contribution in [3.05, 3.63) is 29.3 Å². The summed E-state index contributed by atoms with van der Waals surface area (Å²) in [7, 11) is 0. The Labute approximate surface area is 138 Å². The number of carbonyl (C=O) groups is 1. The first-order valence-electron chi connectivity index (χ1n) is 6.91. The van der Waals surface area contributed by atoms with Crippen LogP contribution in [0.15, 0.2) is 24.3 Å². The zero-order chi connectivity index (χ0) is 18.1. The van der Waals surface area contributed by atoms with Crippen LogP contribution < -0.4 is 5.32 Å². The predicted octanol–water partition coefficient (Wildman–Crippen LogP) is 4.93. The number of hydrogen-bond donors (Lipinski definition) is 1. The fourth-order valence-electron chi connectivity index (χ4n) is 2.47. The second kappa shape index (κ2) is 6.70. The lowest BCUT2D eigenvalue weighted by molar-refractivity contribution is -0.226. The van der Waals surface area contributed by atoms with Crippen LogP contribution in [0.2, 0.25) is 5.02 Å². The third-order valence-corrected chi connectivity index (χ3v) is 4.01. The average Bonchev–Trinajstić information content (AvgIpc) is 2.47. The van der Waals surface area contributed by atoms with Crippen molar-refractivity contribution >= 4 is 23.3 Å². The SMILES string of the molecule is O=C(Nc1ccc(Cl)cc1)N1C[C@H](C(F)(F)F)C[C@H](C(F)(F)F)C1. The van der Waals surface area contributed by atoms with Crippen LogP contribution in [0.25, 0.3) is 0 Å². The van der Waals surface area contributed by atoms with Gasteiger partial charge >= 0.3 is 18.4 Å². The quantitative estimate of drug-likeness (QED) is 0.694. The lowest BCUT2D eigenvalue weighted by atomic mass is 9.88. The molecule has 1 heterocycles. The number of hydrogen-bond acceptors (Lipinski definition) is 1. The molecule has 0 spiro atoms. The van der Waals surface area contributed by atoms with Crippen LogP contribution in [0, 0.1) is 11.8 Å². The van der Waals surface area contributed by atoms with E-state index in [1.54, 1.807) is 0 Å². The molecule has 1 fully saturated rings. The minimum Gasteiger partial charge on any atom is -0.323 e. The van der Waals surface area contributed by atoms with Gasteiger partial charge in [0, 0.05) is 23.8 Å². The first-order chi connectivity index (χ1) is 11.0. The van der Waals surface area contributed by atoms with Crippen LogP contribution in [0.4, 0.5) is 36.8 Å². The Morgan fingerprint density at radius 1 is 1.00 bits per heavy atom. The van der Waals surface area contributed by atoms with E-state index in [1.807, 2.05) is 0 Å². The summed E-state index contributed by atoms with van der Waals surface area (Å²) in [5.74, 6) is -4.43. The molecule has 0 aromatic heterocycles. The summed E-state index contributed by atoms with van der Waals surface area (Å²) in [5, 5.41) is 2.65. The maximum absolute atomic E-state index is 12.9. The summed E-state index contributed by atoms with van der Waals surface area (Å²) in [6, 6.07) is 4.65. The highest BCUT2D eigenvalue weighted by atomic mass is 35.5. The monoisotopic (exact) mass is 374 g/mol. The third-order valence-electron chi connectivity index (χ3n) is 3.76.